The molecule has 0 amide bonds. The van der Waals surface area contributed by atoms with Gasteiger partial charge in [-0.3, -0.25) is 0 Å². The number of hydrogen-bond acceptors (Lipinski definition) is 4. The van der Waals surface area contributed by atoms with Crippen molar-refractivity contribution in [3.63, 3.8) is 0 Å². The van der Waals surface area contributed by atoms with E-state index in [4.69, 9.17) is 15.2 Å². The number of nitrogens with two attached hydrogens (primary N) is 1. The molecule has 106 valence electrons. The minimum absolute atomic E-state index is 0.688. The molecule has 2 rings (SSSR count). The highest BCUT2D eigenvalue weighted by molar-refractivity contribution is 5.73. The number of ether oxygens (including phenoxy) is 2. The summed E-state index contributed by atoms with van der Waals surface area (Å²) in [6.45, 7) is 4.40. The number of rotatable bonds is 4. The van der Waals surface area contributed by atoms with E-state index in [1.165, 1.54) is 19.3 Å². The Labute approximate surface area is 115 Å². The lowest BCUT2D eigenvalue weighted by atomic mass is 9.95. The molecule has 1 aromatic rings. The molecule has 4 heteroatoms. The average Bonchev–Trinajstić information content (AvgIpc) is 2.46. The van der Waals surface area contributed by atoms with E-state index < -0.39 is 0 Å². The number of nitrogens with zero attached hydrogens (tertiary/aromatic N) is 1. The Morgan fingerprint density at radius 3 is 2.58 bits per heavy atom. The van der Waals surface area contributed by atoms with Crippen LogP contribution in [0, 0.1) is 5.92 Å². The number of nitrogen functional groups attached to an aromatic ring is 1. The molecule has 0 radical (unpaired) electrons. The Hall–Kier alpha value is -1.58. The lowest BCUT2D eigenvalue weighted by Gasteiger charge is -2.35. The number of methoxy groups -OCH3 is 2. The molecule has 1 fully saturated rings. The molecule has 1 heterocycles. The van der Waals surface area contributed by atoms with Crippen molar-refractivity contribution >= 4 is 11.4 Å². The first-order valence-electron chi connectivity index (χ1n) is 6.96. The smallest absolute Gasteiger partial charge is 0.162 e. The number of piperidine rings is 1. The quantitative estimate of drug-likeness (QED) is 0.849. The third kappa shape index (κ3) is 2.88. The van der Waals surface area contributed by atoms with E-state index in [9.17, 15) is 0 Å². The van der Waals surface area contributed by atoms with Crippen molar-refractivity contribution in [1.29, 1.82) is 0 Å². The second kappa shape index (κ2) is 6.04. The van der Waals surface area contributed by atoms with Crippen molar-refractivity contribution in [3.8, 4) is 11.5 Å². The van der Waals surface area contributed by atoms with E-state index in [-0.39, 0.29) is 0 Å². The van der Waals surface area contributed by atoms with Gasteiger partial charge in [-0.1, -0.05) is 13.3 Å². The van der Waals surface area contributed by atoms with Crippen molar-refractivity contribution in [2.24, 2.45) is 5.92 Å². The first kappa shape index (κ1) is 13.8. The standard InChI is InChI=1S/C15H24N2O2/c1-4-11-6-5-7-17(10-11)13-9-15(19-3)14(18-2)8-12(13)16/h8-9,11H,4-7,10,16H2,1-3H3. The van der Waals surface area contributed by atoms with Crippen LogP contribution < -0.4 is 20.1 Å². The molecule has 1 saturated heterocycles. The second-order valence-electron chi connectivity index (χ2n) is 5.13. The molecule has 19 heavy (non-hydrogen) atoms. The van der Waals surface area contributed by atoms with Gasteiger partial charge in [-0.15, -0.1) is 0 Å². The highest BCUT2D eigenvalue weighted by atomic mass is 16.5. The molecule has 4 nitrogen and oxygen atoms in total. The predicted octanol–water partition coefficient (Wildman–Crippen LogP) is 2.91. The highest BCUT2D eigenvalue weighted by Crippen LogP contribution is 2.38. The summed E-state index contributed by atoms with van der Waals surface area (Å²) >= 11 is 0. The molecule has 0 aliphatic carbocycles. The zero-order valence-corrected chi connectivity index (χ0v) is 12.1. The van der Waals surface area contributed by atoms with Gasteiger partial charge < -0.3 is 20.1 Å². The maximum Gasteiger partial charge on any atom is 0.162 e. The van der Waals surface area contributed by atoms with Gasteiger partial charge in [0.15, 0.2) is 11.5 Å². The lowest BCUT2D eigenvalue weighted by Crippen LogP contribution is -2.35. The third-order valence-corrected chi connectivity index (χ3v) is 3.97. The molecule has 2 N–H and O–H groups in total. The number of hydrogen-bond donors (Lipinski definition) is 1. The summed E-state index contributed by atoms with van der Waals surface area (Å²) in [6.07, 6.45) is 3.77. The van der Waals surface area contributed by atoms with E-state index in [2.05, 4.69) is 11.8 Å². The summed E-state index contributed by atoms with van der Waals surface area (Å²) < 4.78 is 10.6. The summed E-state index contributed by atoms with van der Waals surface area (Å²) in [6, 6.07) is 3.84. The zero-order valence-electron chi connectivity index (χ0n) is 12.1. The second-order valence-corrected chi connectivity index (χ2v) is 5.13. The van der Waals surface area contributed by atoms with E-state index in [0.29, 0.717) is 5.75 Å². The molecule has 0 bridgehead atoms. The molecule has 1 aromatic carbocycles. The van der Waals surface area contributed by atoms with Crippen LogP contribution in [0.2, 0.25) is 0 Å². The monoisotopic (exact) mass is 264 g/mol. The first-order chi connectivity index (χ1) is 9.19. The number of anilines is 2. The topological polar surface area (TPSA) is 47.7 Å². The Kier molecular flexibility index (Phi) is 4.40. The molecular weight excluding hydrogens is 240 g/mol. The van der Waals surface area contributed by atoms with E-state index in [1.54, 1.807) is 14.2 Å². The fourth-order valence-electron chi connectivity index (χ4n) is 2.77. The van der Waals surface area contributed by atoms with Gasteiger partial charge in [-0.05, 0) is 18.8 Å². The summed E-state index contributed by atoms with van der Waals surface area (Å²) in [5, 5.41) is 0. The van der Waals surface area contributed by atoms with Crippen LogP contribution in [0.5, 0.6) is 11.5 Å². The Bertz CT molecular complexity index is 434. The van der Waals surface area contributed by atoms with Gasteiger partial charge in [0.25, 0.3) is 0 Å². The van der Waals surface area contributed by atoms with Gasteiger partial charge in [0, 0.05) is 25.2 Å². The van der Waals surface area contributed by atoms with Crippen molar-refractivity contribution in [2.45, 2.75) is 26.2 Å². The fraction of sp³-hybridized carbons (Fsp3) is 0.600. The Balaban J connectivity index is 2.28. The summed E-state index contributed by atoms with van der Waals surface area (Å²) in [5.41, 5.74) is 7.99. The van der Waals surface area contributed by atoms with Gasteiger partial charge in [0.2, 0.25) is 0 Å². The SMILES string of the molecule is CCC1CCCN(c2cc(OC)c(OC)cc2N)C1. The largest absolute Gasteiger partial charge is 0.493 e. The van der Waals surface area contributed by atoms with Gasteiger partial charge >= 0.3 is 0 Å². The molecule has 1 atom stereocenters. The summed E-state index contributed by atoms with van der Waals surface area (Å²) in [5.74, 6) is 2.19. The Morgan fingerprint density at radius 2 is 1.95 bits per heavy atom. The highest BCUT2D eigenvalue weighted by Gasteiger charge is 2.21. The number of benzene rings is 1. The van der Waals surface area contributed by atoms with Crippen LogP contribution in [0.3, 0.4) is 0 Å². The van der Waals surface area contributed by atoms with E-state index >= 15 is 0 Å². The van der Waals surface area contributed by atoms with Crippen LogP contribution in [0.15, 0.2) is 12.1 Å². The third-order valence-electron chi connectivity index (χ3n) is 3.97. The maximum atomic E-state index is 6.16. The van der Waals surface area contributed by atoms with Crippen LogP contribution in [0.25, 0.3) is 0 Å². The van der Waals surface area contributed by atoms with Crippen molar-refractivity contribution in [1.82, 2.24) is 0 Å². The fourth-order valence-corrected chi connectivity index (χ4v) is 2.77. The van der Waals surface area contributed by atoms with Crippen LogP contribution in [-0.4, -0.2) is 27.3 Å². The van der Waals surface area contributed by atoms with E-state index in [0.717, 1.165) is 36.1 Å². The van der Waals surface area contributed by atoms with Crippen LogP contribution in [0.1, 0.15) is 26.2 Å². The normalized spacial score (nSPS) is 19.3. The molecular formula is C15H24N2O2. The average molecular weight is 264 g/mol. The molecule has 1 aliphatic rings. The van der Waals surface area contributed by atoms with Gasteiger partial charge in [0.1, 0.15) is 0 Å². The van der Waals surface area contributed by atoms with Crippen molar-refractivity contribution in [2.75, 3.05) is 37.9 Å². The molecule has 1 unspecified atom stereocenters. The van der Waals surface area contributed by atoms with Crippen LogP contribution in [-0.2, 0) is 0 Å². The van der Waals surface area contributed by atoms with Crippen LogP contribution >= 0.6 is 0 Å². The van der Waals surface area contributed by atoms with Gasteiger partial charge in [-0.25, -0.2) is 0 Å². The first-order valence-corrected chi connectivity index (χ1v) is 6.96. The molecule has 1 aliphatic heterocycles. The van der Waals surface area contributed by atoms with Crippen LogP contribution in [0.4, 0.5) is 11.4 Å². The van der Waals surface area contributed by atoms with Crippen molar-refractivity contribution < 1.29 is 9.47 Å². The Morgan fingerprint density at radius 1 is 1.26 bits per heavy atom. The minimum Gasteiger partial charge on any atom is -0.493 e. The molecule has 0 spiro atoms. The maximum absolute atomic E-state index is 6.16. The van der Waals surface area contributed by atoms with Gasteiger partial charge in [-0.2, -0.15) is 0 Å². The minimum atomic E-state index is 0.688. The molecule has 0 aromatic heterocycles. The molecule has 0 saturated carbocycles. The summed E-state index contributed by atoms with van der Waals surface area (Å²) in [7, 11) is 3.29. The zero-order chi connectivity index (χ0) is 13.8. The van der Waals surface area contributed by atoms with Gasteiger partial charge in [0.05, 0.1) is 25.6 Å². The summed E-state index contributed by atoms with van der Waals surface area (Å²) in [4.78, 5) is 2.37. The predicted molar refractivity (Wildman–Crippen MR) is 79.2 cm³/mol. The van der Waals surface area contributed by atoms with E-state index in [1.807, 2.05) is 12.1 Å². The lowest BCUT2D eigenvalue weighted by molar-refractivity contribution is 0.354. The van der Waals surface area contributed by atoms with Crippen molar-refractivity contribution in [3.05, 3.63) is 12.1 Å².